The number of anilines is 1. The first-order valence-electron chi connectivity index (χ1n) is 11.3. The molecule has 0 radical (unpaired) electrons. The van der Waals surface area contributed by atoms with E-state index in [0.717, 1.165) is 43.4 Å². The molecular weight excluding hydrogens is 404 g/mol. The van der Waals surface area contributed by atoms with Crippen LogP contribution in [0, 0.1) is 0 Å². The van der Waals surface area contributed by atoms with E-state index in [0.29, 0.717) is 25.2 Å². The molecule has 4 rings (SSSR count). The molecule has 0 saturated carbocycles. The minimum atomic E-state index is -0.662. The number of piperidine rings is 1. The van der Waals surface area contributed by atoms with E-state index in [1.165, 1.54) is 0 Å². The summed E-state index contributed by atoms with van der Waals surface area (Å²) in [6.45, 7) is 2.01. The normalized spacial score (nSPS) is 20.2. The van der Waals surface area contributed by atoms with Crippen molar-refractivity contribution in [3.63, 3.8) is 0 Å². The number of carbonyl (C=O) groups excluding carboxylic acids is 3. The molecule has 3 amide bonds. The number of primary amides is 1. The molecule has 3 N–H and O–H groups in total. The van der Waals surface area contributed by atoms with Crippen molar-refractivity contribution in [2.24, 2.45) is 5.73 Å². The number of hydrogen-bond acceptors (Lipinski definition) is 4. The third kappa shape index (κ3) is 4.99. The molecule has 2 heterocycles. The molecule has 7 nitrogen and oxygen atoms in total. The summed E-state index contributed by atoms with van der Waals surface area (Å²) in [5, 5.41) is 3.01. The lowest BCUT2D eigenvalue weighted by Gasteiger charge is -2.34. The Bertz CT molecular complexity index is 978. The lowest BCUT2D eigenvalue weighted by Crippen LogP contribution is -2.43. The fourth-order valence-corrected chi connectivity index (χ4v) is 4.74. The lowest BCUT2D eigenvalue weighted by molar-refractivity contribution is -0.141. The van der Waals surface area contributed by atoms with E-state index in [-0.39, 0.29) is 23.8 Å². The highest BCUT2D eigenvalue weighted by Gasteiger charge is 2.33. The van der Waals surface area contributed by atoms with Gasteiger partial charge in [0.15, 0.2) is 0 Å². The summed E-state index contributed by atoms with van der Waals surface area (Å²) in [7, 11) is 0. The van der Waals surface area contributed by atoms with Gasteiger partial charge >= 0.3 is 0 Å². The molecule has 2 unspecified atom stereocenters. The standard InChI is InChI=1S/C25H30N4O3/c26-24(31)21-12-7-14-28(21)17-18-8-6-11-20(16-18)27-25(32)23(19-9-2-1-3-10-19)29-15-5-4-13-22(29)30/h1-3,6,8-11,16,21,23H,4-5,7,12-15,17H2,(H2,26,31)(H,27,32). The molecule has 32 heavy (non-hydrogen) atoms. The van der Waals surface area contributed by atoms with Gasteiger partial charge in [-0.25, -0.2) is 0 Å². The third-order valence-electron chi connectivity index (χ3n) is 6.31. The number of hydrogen-bond donors (Lipinski definition) is 2. The Hall–Kier alpha value is -3.19. The van der Waals surface area contributed by atoms with Crippen LogP contribution in [0.3, 0.4) is 0 Å². The van der Waals surface area contributed by atoms with Crippen LogP contribution in [0.2, 0.25) is 0 Å². The van der Waals surface area contributed by atoms with Crippen molar-refractivity contribution in [1.29, 1.82) is 0 Å². The number of nitrogens with one attached hydrogen (secondary N) is 1. The second-order valence-electron chi connectivity index (χ2n) is 8.58. The molecule has 7 heteroatoms. The molecule has 2 aliphatic heterocycles. The smallest absolute Gasteiger partial charge is 0.251 e. The molecular formula is C25H30N4O3. The van der Waals surface area contributed by atoms with Crippen molar-refractivity contribution in [1.82, 2.24) is 9.80 Å². The fourth-order valence-electron chi connectivity index (χ4n) is 4.74. The minimum absolute atomic E-state index is 0.0144. The Morgan fingerprint density at radius 3 is 2.59 bits per heavy atom. The van der Waals surface area contributed by atoms with Crippen molar-refractivity contribution < 1.29 is 14.4 Å². The first kappa shape index (κ1) is 22.0. The SMILES string of the molecule is NC(=O)C1CCCN1Cc1cccc(NC(=O)C(c2ccccc2)N2CCCCC2=O)c1. The highest BCUT2D eigenvalue weighted by molar-refractivity contribution is 5.98. The molecule has 2 aromatic carbocycles. The number of carbonyl (C=O) groups is 3. The van der Waals surface area contributed by atoms with Crippen LogP contribution in [0.5, 0.6) is 0 Å². The quantitative estimate of drug-likeness (QED) is 0.700. The van der Waals surface area contributed by atoms with E-state index in [2.05, 4.69) is 10.2 Å². The number of likely N-dealkylation sites (tertiary alicyclic amines) is 2. The number of amides is 3. The molecule has 0 spiro atoms. The van der Waals surface area contributed by atoms with E-state index in [1.807, 2.05) is 54.6 Å². The largest absolute Gasteiger partial charge is 0.368 e. The Morgan fingerprint density at radius 2 is 1.84 bits per heavy atom. The van der Waals surface area contributed by atoms with Gasteiger partial charge in [0.1, 0.15) is 6.04 Å². The summed E-state index contributed by atoms with van der Waals surface area (Å²) in [6.07, 6.45) is 3.97. The van der Waals surface area contributed by atoms with Crippen LogP contribution in [0.4, 0.5) is 5.69 Å². The molecule has 2 aromatic rings. The summed E-state index contributed by atoms with van der Waals surface area (Å²) >= 11 is 0. The second kappa shape index (κ2) is 9.96. The van der Waals surface area contributed by atoms with Gasteiger partial charge in [-0.2, -0.15) is 0 Å². The maximum atomic E-state index is 13.4. The Kier molecular flexibility index (Phi) is 6.85. The van der Waals surface area contributed by atoms with Crippen LogP contribution in [-0.4, -0.2) is 46.7 Å². The first-order chi connectivity index (χ1) is 15.5. The van der Waals surface area contributed by atoms with Crippen LogP contribution >= 0.6 is 0 Å². The maximum Gasteiger partial charge on any atom is 0.251 e. The summed E-state index contributed by atoms with van der Waals surface area (Å²) in [4.78, 5) is 41.5. The third-order valence-corrected chi connectivity index (χ3v) is 6.31. The molecule has 2 aliphatic rings. The highest BCUT2D eigenvalue weighted by Crippen LogP contribution is 2.28. The van der Waals surface area contributed by atoms with Gasteiger partial charge in [0.05, 0.1) is 6.04 Å². The summed E-state index contributed by atoms with van der Waals surface area (Å²) < 4.78 is 0. The minimum Gasteiger partial charge on any atom is -0.368 e. The molecule has 0 aromatic heterocycles. The van der Waals surface area contributed by atoms with Gasteiger partial charge in [0.25, 0.3) is 5.91 Å². The van der Waals surface area contributed by atoms with Gasteiger partial charge < -0.3 is 16.0 Å². The van der Waals surface area contributed by atoms with Gasteiger partial charge in [0.2, 0.25) is 11.8 Å². The first-order valence-corrected chi connectivity index (χ1v) is 11.3. The molecule has 2 atom stereocenters. The number of nitrogens with zero attached hydrogens (tertiary/aromatic N) is 2. The lowest BCUT2D eigenvalue weighted by atomic mass is 10.0. The highest BCUT2D eigenvalue weighted by atomic mass is 16.2. The molecule has 168 valence electrons. The van der Waals surface area contributed by atoms with Crippen molar-refractivity contribution in [2.45, 2.75) is 50.7 Å². The molecule has 2 saturated heterocycles. The predicted octanol–water partition coefficient (Wildman–Crippen LogP) is 2.83. The monoisotopic (exact) mass is 434 g/mol. The second-order valence-corrected chi connectivity index (χ2v) is 8.58. The van der Waals surface area contributed by atoms with E-state index in [1.54, 1.807) is 4.90 Å². The van der Waals surface area contributed by atoms with Crippen LogP contribution in [0.1, 0.15) is 49.3 Å². The Balaban J connectivity index is 1.51. The summed E-state index contributed by atoms with van der Waals surface area (Å²) in [5.41, 5.74) is 8.02. The van der Waals surface area contributed by atoms with Gasteiger partial charge in [0, 0.05) is 25.2 Å². The van der Waals surface area contributed by atoms with Crippen LogP contribution in [-0.2, 0) is 20.9 Å². The average molecular weight is 435 g/mol. The zero-order valence-corrected chi connectivity index (χ0v) is 18.2. The average Bonchev–Trinajstić information content (AvgIpc) is 3.25. The Morgan fingerprint density at radius 1 is 1.03 bits per heavy atom. The number of nitrogens with two attached hydrogens (primary N) is 1. The van der Waals surface area contributed by atoms with E-state index in [9.17, 15) is 14.4 Å². The van der Waals surface area contributed by atoms with Gasteiger partial charge in [-0.1, -0.05) is 42.5 Å². The zero-order chi connectivity index (χ0) is 22.5. The molecule has 2 fully saturated rings. The number of benzene rings is 2. The molecule has 0 aliphatic carbocycles. The molecule has 0 bridgehead atoms. The Labute approximate surface area is 188 Å². The van der Waals surface area contributed by atoms with Crippen LogP contribution in [0.15, 0.2) is 54.6 Å². The topological polar surface area (TPSA) is 95.7 Å². The van der Waals surface area contributed by atoms with E-state index < -0.39 is 6.04 Å². The summed E-state index contributed by atoms with van der Waals surface area (Å²) in [5.74, 6) is -0.496. The predicted molar refractivity (Wildman–Crippen MR) is 122 cm³/mol. The van der Waals surface area contributed by atoms with Gasteiger partial charge in [-0.05, 0) is 55.5 Å². The van der Waals surface area contributed by atoms with Gasteiger partial charge in [-0.3, -0.25) is 19.3 Å². The van der Waals surface area contributed by atoms with Crippen molar-refractivity contribution in [2.75, 3.05) is 18.4 Å². The van der Waals surface area contributed by atoms with E-state index in [4.69, 9.17) is 5.73 Å². The summed E-state index contributed by atoms with van der Waals surface area (Å²) in [6, 6.07) is 16.2. The van der Waals surface area contributed by atoms with Crippen LogP contribution in [0.25, 0.3) is 0 Å². The number of rotatable bonds is 7. The maximum absolute atomic E-state index is 13.4. The van der Waals surface area contributed by atoms with Gasteiger partial charge in [-0.15, -0.1) is 0 Å². The van der Waals surface area contributed by atoms with Crippen molar-refractivity contribution in [3.8, 4) is 0 Å². The van der Waals surface area contributed by atoms with Crippen molar-refractivity contribution in [3.05, 3.63) is 65.7 Å². The van der Waals surface area contributed by atoms with Crippen LogP contribution < -0.4 is 11.1 Å². The van der Waals surface area contributed by atoms with E-state index >= 15 is 0 Å². The zero-order valence-electron chi connectivity index (χ0n) is 18.2. The van der Waals surface area contributed by atoms with Crippen molar-refractivity contribution >= 4 is 23.4 Å². The fraction of sp³-hybridized carbons (Fsp3) is 0.400.